The average Bonchev–Trinajstić information content (AvgIpc) is 2.44. The largest absolute Gasteiger partial charge is 0.394 e. The van der Waals surface area contributed by atoms with Crippen LogP contribution in [-0.4, -0.2) is 43.3 Å². The van der Waals surface area contributed by atoms with Crippen molar-refractivity contribution >= 4 is 0 Å². The van der Waals surface area contributed by atoms with Gasteiger partial charge in [-0.3, -0.25) is 0 Å². The summed E-state index contributed by atoms with van der Waals surface area (Å²) < 4.78 is 0. The van der Waals surface area contributed by atoms with Gasteiger partial charge < -0.3 is 15.3 Å². The number of benzene rings is 1. The van der Waals surface area contributed by atoms with E-state index in [4.69, 9.17) is 0 Å². The van der Waals surface area contributed by atoms with Crippen molar-refractivity contribution in [3.8, 4) is 0 Å². The molecule has 1 atom stereocenters. The Bertz CT molecular complexity index is 367. The van der Waals surface area contributed by atoms with Crippen molar-refractivity contribution in [2.75, 3.05) is 33.3 Å². The minimum absolute atomic E-state index is 0.125. The van der Waals surface area contributed by atoms with Crippen LogP contribution in [0.3, 0.4) is 0 Å². The molecule has 0 heterocycles. The predicted molar refractivity (Wildman–Crippen MR) is 85.8 cm³/mol. The second kappa shape index (κ2) is 8.40. The quantitative estimate of drug-likeness (QED) is 0.728. The molecule has 0 bridgehead atoms. The first-order chi connectivity index (χ1) is 9.54. The van der Waals surface area contributed by atoms with E-state index in [0.29, 0.717) is 5.92 Å². The van der Waals surface area contributed by atoms with Gasteiger partial charge in [-0.15, -0.1) is 0 Å². The van der Waals surface area contributed by atoms with E-state index in [1.54, 1.807) is 0 Å². The maximum atomic E-state index is 9.97. The molecule has 0 aliphatic rings. The van der Waals surface area contributed by atoms with E-state index in [1.807, 2.05) is 18.2 Å². The van der Waals surface area contributed by atoms with Crippen molar-refractivity contribution in [2.24, 2.45) is 5.92 Å². The lowest BCUT2D eigenvalue weighted by Gasteiger charge is -2.35. The van der Waals surface area contributed by atoms with Gasteiger partial charge in [-0.25, -0.2) is 0 Å². The molecule has 0 amide bonds. The Morgan fingerprint density at radius 2 is 1.90 bits per heavy atom. The molecule has 1 aromatic carbocycles. The topological polar surface area (TPSA) is 35.5 Å². The number of rotatable bonds is 9. The summed E-state index contributed by atoms with van der Waals surface area (Å²) in [7, 11) is 2.15. The van der Waals surface area contributed by atoms with Gasteiger partial charge in [0, 0.05) is 13.1 Å². The van der Waals surface area contributed by atoms with E-state index < -0.39 is 0 Å². The third-order valence-corrected chi connectivity index (χ3v) is 3.71. The fraction of sp³-hybridized carbons (Fsp3) is 0.647. The summed E-state index contributed by atoms with van der Waals surface area (Å²) in [6.07, 6.45) is 0.907. The van der Waals surface area contributed by atoms with Crippen LogP contribution in [0.4, 0.5) is 0 Å². The lowest BCUT2D eigenvalue weighted by molar-refractivity contribution is 0.136. The Labute approximate surface area is 124 Å². The molecule has 0 aliphatic carbocycles. The fourth-order valence-electron chi connectivity index (χ4n) is 2.75. The molecule has 1 aromatic rings. The first-order valence-electron chi connectivity index (χ1n) is 7.64. The third-order valence-electron chi connectivity index (χ3n) is 3.71. The fourth-order valence-corrected chi connectivity index (χ4v) is 2.75. The Kier molecular flexibility index (Phi) is 7.20. The molecule has 0 aromatic heterocycles. The van der Waals surface area contributed by atoms with E-state index in [9.17, 15) is 5.11 Å². The van der Waals surface area contributed by atoms with Gasteiger partial charge in [0.25, 0.3) is 0 Å². The summed E-state index contributed by atoms with van der Waals surface area (Å²) in [5.74, 6) is 0.666. The average molecular weight is 278 g/mol. The Balaban J connectivity index is 2.79. The van der Waals surface area contributed by atoms with Crippen molar-refractivity contribution in [1.82, 2.24) is 10.2 Å². The number of aliphatic hydroxyl groups excluding tert-OH is 1. The smallest absolute Gasteiger partial charge is 0.0681 e. The first-order valence-corrected chi connectivity index (χ1v) is 7.64. The van der Waals surface area contributed by atoms with Gasteiger partial charge in [0.2, 0.25) is 0 Å². The van der Waals surface area contributed by atoms with Crippen molar-refractivity contribution in [3.05, 3.63) is 35.9 Å². The molecule has 0 aliphatic heterocycles. The molecule has 1 rings (SSSR count). The first kappa shape index (κ1) is 17.2. The number of hydrogen-bond donors (Lipinski definition) is 2. The van der Waals surface area contributed by atoms with E-state index in [1.165, 1.54) is 5.56 Å². The Morgan fingerprint density at radius 3 is 2.40 bits per heavy atom. The van der Waals surface area contributed by atoms with Crippen LogP contribution in [0.25, 0.3) is 0 Å². The lowest BCUT2D eigenvalue weighted by atomic mass is 9.87. The normalized spacial score (nSPS) is 14.8. The van der Waals surface area contributed by atoms with E-state index in [-0.39, 0.29) is 12.1 Å². The van der Waals surface area contributed by atoms with Gasteiger partial charge in [-0.2, -0.15) is 0 Å². The summed E-state index contributed by atoms with van der Waals surface area (Å²) in [6, 6.07) is 10.3. The lowest BCUT2D eigenvalue weighted by Crippen LogP contribution is -2.47. The highest BCUT2D eigenvalue weighted by atomic mass is 16.3. The van der Waals surface area contributed by atoms with E-state index in [0.717, 1.165) is 26.1 Å². The van der Waals surface area contributed by atoms with Gasteiger partial charge in [0.15, 0.2) is 0 Å². The molecule has 3 nitrogen and oxygen atoms in total. The third kappa shape index (κ3) is 4.89. The summed E-state index contributed by atoms with van der Waals surface area (Å²) in [5.41, 5.74) is 0.837. The zero-order valence-corrected chi connectivity index (χ0v) is 13.4. The molecule has 3 heteroatoms. The van der Waals surface area contributed by atoms with E-state index in [2.05, 4.69) is 50.2 Å². The highest BCUT2D eigenvalue weighted by molar-refractivity contribution is 5.24. The number of hydrogen-bond acceptors (Lipinski definition) is 3. The summed E-state index contributed by atoms with van der Waals surface area (Å²) in [4.78, 5) is 2.34. The molecule has 1 unspecified atom stereocenters. The predicted octanol–water partition coefficient (Wildman–Crippen LogP) is 2.46. The van der Waals surface area contributed by atoms with Gasteiger partial charge in [-0.1, -0.05) is 51.1 Å². The van der Waals surface area contributed by atoms with Gasteiger partial charge in [0.1, 0.15) is 0 Å². The van der Waals surface area contributed by atoms with Crippen LogP contribution in [0.2, 0.25) is 0 Å². The van der Waals surface area contributed by atoms with Crippen molar-refractivity contribution in [3.63, 3.8) is 0 Å². The number of nitrogens with zero attached hydrogens (tertiary/aromatic N) is 1. The van der Waals surface area contributed by atoms with Crippen LogP contribution in [0.5, 0.6) is 0 Å². The molecule has 20 heavy (non-hydrogen) atoms. The highest BCUT2D eigenvalue weighted by Crippen LogP contribution is 2.25. The molecule has 0 saturated heterocycles. The van der Waals surface area contributed by atoms with Gasteiger partial charge in [0.05, 0.1) is 12.1 Å². The molecule has 0 radical (unpaired) electrons. The van der Waals surface area contributed by atoms with Crippen LogP contribution in [-0.2, 0) is 5.54 Å². The molecule has 0 fully saturated rings. The summed E-state index contributed by atoms with van der Waals surface area (Å²) in [6.45, 7) is 9.59. The molecule has 0 spiro atoms. The Hall–Kier alpha value is -0.900. The molecule has 2 N–H and O–H groups in total. The van der Waals surface area contributed by atoms with E-state index >= 15 is 0 Å². The van der Waals surface area contributed by atoms with Gasteiger partial charge in [-0.05, 0) is 31.5 Å². The molecule has 0 saturated carbocycles. The maximum absolute atomic E-state index is 9.97. The Morgan fingerprint density at radius 1 is 1.25 bits per heavy atom. The SMILES string of the molecule is CCNC(CO)(CCN(C)CC(C)C)c1ccccc1. The van der Waals surface area contributed by atoms with Crippen LogP contribution in [0.1, 0.15) is 32.8 Å². The van der Waals surface area contributed by atoms with Gasteiger partial charge >= 0.3 is 0 Å². The number of nitrogens with one attached hydrogen (secondary N) is 1. The van der Waals surface area contributed by atoms with Crippen LogP contribution in [0, 0.1) is 5.92 Å². The number of likely N-dealkylation sites (N-methyl/N-ethyl adjacent to an activating group) is 1. The molecular formula is C17H30N2O. The molecule has 114 valence electrons. The maximum Gasteiger partial charge on any atom is 0.0681 e. The van der Waals surface area contributed by atoms with Crippen molar-refractivity contribution in [1.29, 1.82) is 0 Å². The summed E-state index contributed by atoms with van der Waals surface area (Å²) in [5, 5.41) is 13.5. The van der Waals surface area contributed by atoms with Crippen molar-refractivity contribution in [2.45, 2.75) is 32.7 Å². The minimum atomic E-state index is -0.332. The molecular weight excluding hydrogens is 248 g/mol. The zero-order chi connectivity index (χ0) is 15.0. The van der Waals surface area contributed by atoms with Crippen LogP contribution >= 0.6 is 0 Å². The number of aliphatic hydroxyl groups is 1. The van der Waals surface area contributed by atoms with Crippen molar-refractivity contribution < 1.29 is 5.11 Å². The van der Waals surface area contributed by atoms with Crippen LogP contribution in [0.15, 0.2) is 30.3 Å². The summed E-state index contributed by atoms with van der Waals surface area (Å²) >= 11 is 0. The standard InChI is InChI=1S/C17H30N2O/c1-5-18-17(14-20,16-9-7-6-8-10-16)11-12-19(4)13-15(2)3/h6-10,15,18,20H,5,11-14H2,1-4H3. The second-order valence-electron chi connectivity index (χ2n) is 6.04. The van der Waals surface area contributed by atoms with Crippen LogP contribution < -0.4 is 5.32 Å². The zero-order valence-electron chi connectivity index (χ0n) is 13.4. The second-order valence-corrected chi connectivity index (χ2v) is 6.04. The minimum Gasteiger partial charge on any atom is -0.394 e. The monoisotopic (exact) mass is 278 g/mol. The highest BCUT2D eigenvalue weighted by Gasteiger charge is 2.30.